The first-order chi connectivity index (χ1) is 13.8. The van der Waals surface area contributed by atoms with Crippen LogP contribution in [0.3, 0.4) is 0 Å². The van der Waals surface area contributed by atoms with Gasteiger partial charge in [0.25, 0.3) is 0 Å². The van der Waals surface area contributed by atoms with Crippen LogP contribution in [0.5, 0.6) is 0 Å². The summed E-state index contributed by atoms with van der Waals surface area (Å²) >= 11 is 0. The lowest BCUT2D eigenvalue weighted by atomic mass is 9.47. The Balaban J connectivity index is 0. The topological polar surface area (TPSA) is 60.0 Å². The van der Waals surface area contributed by atoms with Crippen molar-refractivity contribution < 1.29 is 19.9 Å². The molecule has 2 rings (SSSR count). The number of rotatable bonds is 2. The maximum absolute atomic E-state index is 2.49. The second-order valence-corrected chi connectivity index (χ2v) is 16.1. The van der Waals surface area contributed by atoms with Gasteiger partial charge in [0.15, 0.2) is 0 Å². The van der Waals surface area contributed by atoms with E-state index < -0.39 is 0 Å². The molecule has 0 saturated heterocycles. The van der Waals surface area contributed by atoms with Gasteiger partial charge in [0.2, 0.25) is 0 Å². The highest BCUT2D eigenvalue weighted by molar-refractivity contribution is 5.07. The Morgan fingerprint density at radius 3 is 0.853 bits per heavy atom. The van der Waals surface area contributed by atoms with E-state index in [1.54, 1.807) is 0 Å². The van der Waals surface area contributed by atoms with Crippen molar-refractivity contribution in [1.82, 2.24) is 0 Å². The van der Waals surface area contributed by atoms with Crippen molar-refractivity contribution in [2.24, 2.45) is 33.5 Å². The molecule has 208 valence electrons. The van der Waals surface area contributed by atoms with Crippen molar-refractivity contribution in [2.75, 3.05) is 42.3 Å². The maximum Gasteiger partial charge on any atom is 0.101 e. The predicted octanol–water partition coefficient (Wildman–Crippen LogP) is 7.51. The fourth-order valence-corrected chi connectivity index (χ4v) is 7.31. The minimum Gasteiger partial charge on any atom is -0.870 e. The highest BCUT2D eigenvalue weighted by Crippen LogP contribution is 2.61. The Morgan fingerprint density at radius 2 is 0.676 bits per heavy atom. The van der Waals surface area contributed by atoms with Crippen LogP contribution in [0, 0.1) is 33.5 Å². The Kier molecular flexibility index (Phi) is 10.5. The number of hydrogen-bond donors (Lipinski definition) is 0. The Hall–Kier alpha value is -0.160. The van der Waals surface area contributed by atoms with Gasteiger partial charge >= 0.3 is 0 Å². The van der Waals surface area contributed by atoms with Gasteiger partial charge in [0.05, 0.1) is 42.3 Å². The average Bonchev–Trinajstić information content (AvgIpc) is 2.59. The van der Waals surface area contributed by atoms with Gasteiger partial charge in [-0.15, -0.1) is 0 Å². The highest BCUT2D eigenvalue weighted by atomic mass is 16.0. The summed E-state index contributed by atoms with van der Waals surface area (Å²) in [4.78, 5) is 0. The van der Waals surface area contributed by atoms with Crippen LogP contribution in [0.1, 0.15) is 109 Å². The molecule has 0 aromatic rings. The summed E-state index contributed by atoms with van der Waals surface area (Å²) in [5.41, 5.74) is 2.26. The monoisotopic (exact) mass is 487 g/mol. The lowest BCUT2D eigenvalue weighted by Crippen LogP contribution is -2.69. The van der Waals surface area contributed by atoms with Gasteiger partial charge in [0.1, 0.15) is 11.1 Å². The van der Waals surface area contributed by atoms with Crippen molar-refractivity contribution >= 4 is 0 Å². The van der Waals surface area contributed by atoms with Crippen LogP contribution in [-0.2, 0) is 0 Å². The Morgan fingerprint density at radius 1 is 0.471 bits per heavy atom. The van der Waals surface area contributed by atoms with Crippen molar-refractivity contribution in [3.05, 3.63) is 0 Å². The molecular weight excluding hydrogens is 420 g/mol. The first-order valence-corrected chi connectivity index (χ1v) is 13.4. The van der Waals surface area contributed by atoms with Crippen molar-refractivity contribution in [3.8, 4) is 0 Å². The molecule has 0 spiro atoms. The number of quaternary nitrogens is 2. The molecule has 0 amide bonds. The number of hydrogen-bond acceptors (Lipinski definition) is 2. The summed E-state index contributed by atoms with van der Waals surface area (Å²) in [5.74, 6) is 1.64. The lowest BCUT2D eigenvalue weighted by Gasteiger charge is -2.63. The molecule has 0 aliphatic heterocycles. The van der Waals surface area contributed by atoms with E-state index in [0.29, 0.717) is 32.7 Å². The molecule has 2 N–H and O–H groups in total. The summed E-state index contributed by atoms with van der Waals surface area (Å²) in [6, 6.07) is 0. The molecule has 0 bridgehead atoms. The van der Waals surface area contributed by atoms with Crippen LogP contribution >= 0.6 is 0 Å². The summed E-state index contributed by atoms with van der Waals surface area (Å²) in [6.07, 6.45) is 5.41. The third kappa shape index (κ3) is 5.00. The second kappa shape index (κ2) is 9.95. The summed E-state index contributed by atoms with van der Waals surface area (Å²) in [7, 11) is 14.1. The van der Waals surface area contributed by atoms with Crippen molar-refractivity contribution in [2.45, 2.75) is 120 Å². The zero-order valence-electron chi connectivity index (χ0n) is 26.8. The molecule has 4 unspecified atom stereocenters. The fraction of sp³-hybridized carbons (Fsp3) is 1.00. The van der Waals surface area contributed by atoms with Crippen LogP contribution in [-0.4, -0.2) is 73.3 Å². The van der Waals surface area contributed by atoms with Crippen LogP contribution in [0.4, 0.5) is 0 Å². The Labute approximate surface area is 215 Å². The molecule has 0 aromatic heterocycles. The van der Waals surface area contributed by atoms with Crippen LogP contribution in [0.2, 0.25) is 0 Å². The summed E-state index contributed by atoms with van der Waals surface area (Å²) in [5, 5.41) is 0. The van der Waals surface area contributed by atoms with E-state index in [0.717, 1.165) is 20.8 Å². The molecular formula is C30H66N2O2. The first kappa shape index (κ1) is 36.0. The van der Waals surface area contributed by atoms with Gasteiger partial charge < -0.3 is 19.9 Å². The van der Waals surface area contributed by atoms with E-state index in [-0.39, 0.29) is 11.0 Å². The normalized spacial score (nSPS) is 36.2. The minimum atomic E-state index is 0. The smallest absolute Gasteiger partial charge is 0.101 e. The highest BCUT2D eigenvalue weighted by Gasteiger charge is 2.62. The average molecular weight is 487 g/mol. The van der Waals surface area contributed by atoms with E-state index in [1.807, 2.05) is 0 Å². The molecule has 0 heterocycles. The van der Waals surface area contributed by atoms with Crippen LogP contribution < -0.4 is 0 Å². The van der Waals surface area contributed by atoms with Gasteiger partial charge in [-0.25, -0.2) is 0 Å². The van der Waals surface area contributed by atoms with Gasteiger partial charge in [-0.2, -0.15) is 0 Å². The molecule has 2 saturated carbocycles. The van der Waals surface area contributed by atoms with E-state index in [2.05, 4.69) is 125 Å². The zero-order valence-corrected chi connectivity index (χ0v) is 26.8. The van der Waals surface area contributed by atoms with E-state index in [4.69, 9.17) is 0 Å². The van der Waals surface area contributed by atoms with Gasteiger partial charge in [-0.3, -0.25) is 0 Å². The summed E-state index contributed by atoms with van der Waals surface area (Å²) < 4.78 is 2.13. The van der Waals surface area contributed by atoms with Gasteiger partial charge in [0, 0.05) is 23.7 Å². The van der Waals surface area contributed by atoms with Gasteiger partial charge in [-0.1, -0.05) is 69.2 Å². The zero-order chi connectivity index (χ0) is 26.0. The summed E-state index contributed by atoms with van der Waals surface area (Å²) in [6.45, 7) is 29.6. The molecule has 0 aromatic carbocycles. The predicted molar refractivity (Wildman–Crippen MR) is 149 cm³/mol. The molecule has 4 atom stereocenters. The molecule has 4 heteroatoms. The SMILES string of the molecule is CC1CCC(C)([N+](C)(C)C)C(C)(C)C1(C)C.CC1CCC(C)([N+](C)(C)C)C(C)(C)C1(C)C.[OH-].[OH-]. The van der Waals surface area contributed by atoms with Gasteiger partial charge in [-0.05, 0) is 49.4 Å². The second-order valence-electron chi connectivity index (χ2n) is 16.1. The standard InChI is InChI=1S/2C15H32N.2H2O/c2*1-12-10-11-15(6,16(7,8)9)14(4,5)13(12,2)3;;/h2*12H,10-11H2,1-9H3;2*1H2/q2*+1;;/p-2. The lowest BCUT2D eigenvalue weighted by molar-refractivity contribution is -0.934. The molecule has 2 fully saturated rings. The molecule has 2 aliphatic rings. The molecule has 2 aliphatic carbocycles. The fourth-order valence-electron chi connectivity index (χ4n) is 7.31. The third-order valence-corrected chi connectivity index (χ3v) is 13.5. The van der Waals surface area contributed by atoms with Crippen molar-refractivity contribution in [3.63, 3.8) is 0 Å². The van der Waals surface area contributed by atoms with Crippen LogP contribution in [0.25, 0.3) is 0 Å². The van der Waals surface area contributed by atoms with Crippen LogP contribution in [0.15, 0.2) is 0 Å². The first-order valence-electron chi connectivity index (χ1n) is 13.4. The largest absolute Gasteiger partial charge is 0.870 e. The minimum absolute atomic E-state index is 0. The van der Waals surface area contributed by atoms with E-state index in [9.17, 15) is 0 Å². The molecule has 34 heavy (non-hydrogen) atoms. The third-order valence-electron chi connectivity index (χ3n) is 13.5. The number of nitrogens with zero attached hydrogens (tertiary/aromatic N) is 2. The van der Waals surface area contributed by atoms with E-state index >= 15 is 0 Å². The molecule has 0 radical (unpaired) electrons. The Bertz CT molecular complexity index is 608. The molecule has 4 nitrogen and oxygen atoms in total. The van der Waals surface area contributed by atoms with E-state index in [1.165, 1.54) is 25.7 Å². The quantitative estimate of drug-likeness (QED) is 0.379. The van der Waals surface area contributed by atoms with Crippen molar-refractivity contribution in [1.29, 1.82) is 0 Å². The maximum atomic E-state index is 2.49.